The molecule has 4 heteroatoms. The third-order valence-electron chi connectivity index (χ3n) is 3.25. The molecule has 0 aliphatic heterocycles. The number of rotatable bonds is 1. The number of benzene rings is 2. The molecule has 19 heavy (non-hydrogen) atoms. The van der Waals surface area contributed by atoms with E-state index in [9.17, 15) is 0 Å². The van der Waals surface area contributed by atoms with Crippen molar-refractivity contribution < 1.29 is 0 Å². The van der Waals surface area contributed by atoms with E-state index in [1.165, 1.54) is 5.56 Å². The van der Waals surface area contributed by atoms with Crippen LogP contribution in [0.4, 0.5) is 0 Å². The molecular formula is C15H13ClN2S. The van der Waals surface area contributed by atoms with Crippen molar-refractivity contribution in [3.63, 3.8) is 0 Å². The lowest BCUT2D eigenvalue weighted by molar-refractivity contribution is 1.05. The topological polar surface area (TPSA) is 20.7 Å². The number of fused-ring (bicyclic) bond motifs is 1. The van der Waals surface area contributed by atoms with Crippen molar-refractivity contribution in [3.05, 3.63) is 57.3 Å². The number of imidazole rings is 1. The van der Waals surface area contributed by atoms with Gasteiger partial charge in [0.1, 0.15) is 0 Å². The van der Waals surface area contributed by atoms with E-state index in [1.807, 2.05) is 22.8 Å². The lowest BCUT2D eigenvalue weighted by Gasteiger charge is -2.09. The summed E-state index contributed by atoms with van der Waals surface area (Å²) in [5.41, 5.74) is 5.48. The highest BCUT2D eigenvalue weighted by atomic mass is 35.5. The van der Waals surface area contributed by atoms with Crippen LogP contribution in [0.2, 0.25) is 5.02 Å². The molecule has 3 aromatic rings. The highest BCUT2D eigenvalue weighted by Crippen LogP contribution is 2.25. The van der Waals surface area contributed by atoms with Crippen molar-refractivity contribution in [1.29, 1.82) is 0 Å². The van der Waals surface area contributed by atoms with E-state index in [4.69, 9.17) is 23.8 Å². The van der Waals surface area contributed by atoms with Crippen molar-refractivity contribution in [3.8, 4) is 5.69 Å². The molecule has 0 saturated heterocycles. The van der Waals surface area contributed by atoms with E-state index in [-0.39, 0.29) is 0 Å². The molecule has 0 radical (unpaired) electrons. The van der Waals surface area contributed by atoms with Crippen LogP contribution >= 0.6 is 23.8 Å². The van der Waals surface area contributed by atoms with Gasteiger partial charge in [-0.15, -0.1) is 0 Å². The average Bonchev–Trinajstić information content (AvgIpc) is 2.67. The fourth-order valence-corrected chi connectivity index (χ4v) is 2.76. The Balaban J connectivity index is 2.39. The van der Waals surface area contributed by atoms with Gasteiger partial charge >= 0.3 is 0 Å². The van der Waals surface area contributed by atoms with Crippen LogP contribution in [0, 0.1) is 18.6 Å². The lowest BCUT2D eigenvalue weighted by Crippen LogP contribution is -1.97. The van der Waals surface area contributed by atoms with Crippen molar-refractivity contribution in [2.24, 2.45) is 0 Å². The van der Waals surface area contributed by atoms with Gasteiger partial charge in [0.15, 0.2) is 4.77 Å². The molecule has 2 aromatic carbocycles. The van der Waals surface area contributed by atoms with Gasteiger partial charge in [-0.25, -0.2) is 0 Å². The van der Waals surface area contributed by atoms with Crippen LogP contribution in [-0.2, 0) is 0 Å². The number of aromatic nitrogens is 2. The smallest absolute Gasteiger partial charge is 0.182 e. The normalized spacial score (nSPS) is 11.1. The van der Waals surface area contributed by atoms with Crippen molar-refractivity contribution in [1.82, 2.24) is 9.55 Å². The van der Waals surface area contributed by atoms with Gasteiger partial charge in [-0.2, -0.15) is 0 Å². The molecule has 0 bridgehead atoms. The fraction of sp³-hybridized carbons (Fsp3) is 0.133. The zero-order chi connectivity index (χ0) is 13.6. The first kappa shape index (κ1) is 12.5. The van der Waals surface area contributed by atoms with Crippen LogP contribution in [0.5, 0.6) is 0 Å². The number of halogens is 1. The molecule has 3 rings (SSSR count). The standard InChI is InChI=1S/C15H13ClN2S/c1-9-3-6-13-12(7-9)17-15(19)18(13)14-8-11(16)5-4-10(14)2/h3-8H,1-2H3,(H,17,19). The molecule has 1 N–H and O–H groups in total. The molecule has 0 spiro atoms. The largest absolute Gasteiger partial charge is 0.330 e. The highest BCUT2D eigenvalue weighted by Gasteiger charge is 2.09. The number of aromatic amines is 1. The lowest BCUT2D eigenvalue weighted by atomic mass is 10.2. The third kappa shape index (κ3) is 2.09. The first-order chi connectivity index (χ1) is 9.06. The average molecular weight is 289 g/mol. The summed E-state index contributed by atoms with van der Waals surface area (Å²) in [4.78, 5) is 3.25. The van der Waals surface area contributed by atoms with Crippen LogP contribution < -0.4 is 0 Å². The SMILES string of the molecule is Cc1ccc2c(c1)[nH]c(=S)n2-c1cc(Cl)ccc1C. The number of nitrogens with one attached hydrogen (secondary N) is 1. The summed E-state index contributed by atoms with van der Waals surface area (Å²) in [5.74, 6) is 0. The van der Waals surface area contributed by atoms with E-state index in [0.29, 0.717) is 9.79 Å². The van der Waals surface area contributed by atoms with Crippen LogP contribution in [0.1, 0.15) is 11.1 Å². The Labute approximate surface area is 121 Å². The van der Waals surface area contributed by atoms with E-state index in [1.54, 1.807) is 0 Å². The molecule has 0 fully saturated rings. The molecule has 0 atom stereocenters. The summed E-state index contributed by atoms with van der Waals surface area (Å²) in [7, 11) is 0. The minimum atomic E-state index is 0.686. The van der Waals surface area contributed by atoms with E-state index in [0.717, 1.165) is 22.3 Å². The van der Waals surface area contributed by atoms with Gasteiger partial charge in [-0.1, -0.05) is 23.7 Å². The summed E-state index contributed by atoms with van der Waals surface area (Å²) in [6, 6.07) is 12.1. The van der Waals surface area contributed by atoms with Crippen LogP contribution in [0.3, 0.4) is 0 Å². The molecule has 1 heterocycles. The molecule has 0 unspecified atom stereocenters. The molecule has 1 aromatic heterocycles. The Morgan fingerprint density at radius 3 is 2.68 bits per heavy atom. The molecule has 0 aliphatic rings. The summed E-state index contributed by atoms with van der Waals surface area (Å²) in [5, 5.41) is 0.712. The van der Waals surface area contributed by atoms with Crippen LogP contribution in [-0.4, -0.2) is 9.55 Å². The number of H-pyrrole nitrogens is 1. The quantitative estimate of drug-likeness (QED) is 0.628. The summed E-state index contributed by atoms with van der Waals surface area (Å²) in [6.45, 7) is 4.12. The summed E-state index contributed by atoms with van der Waals surface area (Å²) < 4.78 is 2.72. The first-order valence-electron chi connectivity index (χ1n) is 6.04. The Kier molecular flexibility index (Phi) is 2.96. The maximum atomic E-state index is 6.10. The van der Waals surface area contributed by atoms with E-state index in [2.05, 4.69) is 37.0 Å². The van der Waals surface area contributed by atoms with E-state index < -0.39 is 0 Å². The van der Waals surface area contributed by atoms with Crippen LogP contribution in [0.15, 0.2) is 36.4 Å². The second-order valence-corrected chi connectivity index (χ2v) is 5.54. The fourth-order valence-electron chi connectivity index (χ4n) is 2.29. The molecule has 0 amide bonds. The van der Waals surface area contributed by atoms with Gasteiger partial charge < -0.3 is 4.98 Å². The van der Waals surface area contributed by atoms with Crippen molar-refractivity contribution in [2.75, 3.05) is 0 Å². The van der Waals surface area contributed by atoms with Crippen molar-refractivity contribution in [2.45, 2.75) is 13.8 Å². The van der Waals surface area contributed by atoms with Gasteiger partial charge in [0.2, 0.25) is 0 Å². The monoisotopic (exact) mass is 288 g/mol. The first-order valence-corrected chi connectivity index (χ1v) is 6.83. The number of aryl methyl sites for hydroxylation is 2. The molecule has 0 saturated carbocycles. The third-order valence-corrected chi connectivity index (χ3v) is 3.77. The second-order valence-electron chi connectivity index (χ2n) is 4.72. The molecule has 0 aliphatic carbocycles. The highest BCUT2D eigenvalue weighted by molar-refractivity contribution is 7.71. The Bertz CT molecular complexity index is 830. The molecule has 2 nitrogen and oxygen atoms in total. The zero-order valence-electron chi connectivity index (χ0n) is 10.7. The minimum Gasteiger partial charge on any atom is -0.330 e. The van der Waals surface area contributed by atoms with Gasteiger partial charge in [0, 0.05) is 5.02 Å². The maximum Gasteiger partial charge on any atom is 0.182 e. The zero-order valence-corrected chi connectivity index (χ0v) is 12.3. The Morgan fingerprint density at radius 2 is 1.89 bits per heavy atom. The number of nitrogens with zero attached hydrogens (tertiary/aromatic N) is 1. The maximum absolute atomic E-state index is 6.10. The van der Waals surface area contributed by atoms with Crippen molar-refractivity contribution >= 4 is 34.9 Å². The van der Waals surface area contributed by atoms with E-state index >= 15 is 0 Å². The molecular weight excluding hydrogens is 276 g/mol. The summed E-state index contributed by atoms with van der Waals surface area (Å²) >= 11 is 11.6. The molecule has 96 valence electrons. The van der Waals surface area contributed by atoms with Gasteiger partial charge in [0.25, 0.3) is 0 Å². The van der Waals surface area contributed by atoms with Crippen LogP contribution in [0.25, 0.3) is 16.7 Å². The van der Waals surface area contributed by atoms with Gasteiger partial charge in [-0.05, 0) is 61.5 Å². The predicted molar refractivity (Wildman–Crippen MR) is 82.9 cm³/mol. The number of hydrogen-bond donors (Lipinski definition) is 1. The second kappa shape index (κ2) is 4.51. The summed E-state index contributed by atoms with van der Waals surface area (Å²) in [6.07, 6.45) is 0. The Hall–Kier alpha value is -1.58. The Morgan fingerprint density at radius 1 is 1.11 bits per heavy atom. The van der Waals surface area contributed by atoms with Gasteiger partial charge in [0.05, 0.1) is 16.7 Å². The van der Waals surface area contributed by atoms with Gasteiger partial charge in [-0.3, -0.25) is 4.57 Å². The predicted octanol–water partition coefficient (Wildman–Crippen LogP) is 4.96. The minimum absolute atomic E-state index is 0.686. The number of hydrogen-bond acceptors (Lipinski definition) is 1.